The minimum absolute atomic E-state index is 0.0274. The molecule has 0 amide bonds. The molecule has 2 N–H and O–H groups in total. The Kier molecular flexibility index (Phi) is 8.89. The number of carbonyl (C=O) groups is 2. The van der Waals surface area contributed by atoms with Crippen LogP contribution >= 0.6 is 0 Å². The summed E-state index contributed by atoms with van der Waals surface area (Å²) in [4.78, 5) is 25.3. The molecule has 2 saturated carbocycles. The average Bonchev–Trinajstić information content (AvgIpc) is 3.28. The molecule has 0 spiro atoms. The molecule has 2 aliphatic carbocycles. The zero-order valence-electron chi connectivity index (χ0n) is 24.5. The Morgan fingerprint density at radius 3 is 2.70 bits per heavy atom. The third-order valence-electron chi connectivity index (χ3n) is 10.6. The van der Waals surface area contributed by atoms with Gasteiger partial charge in [0.05, 0.1) is 12.7 Å². The van der Waals surface area contributed by atoms with Crippen LogP contribution in [-0.4, -0.2) is 47.8 Å². The number of hydrogen-bond donors (Lipinski definition) is 2. The van der Waals surface area contributed by atoms with Gasteiger partial charge in [-0.05, 0) is 74.3 Å². The zero-order valence-corrected chi connectivity index (χ0v) is 24.5. The maximum Gasteiger partial charge on any atom is 0.494 e. The van der Waals surface area contributed by atoms with E-state index >= 15 is 0 Å². The third-order valence-corrected chi connectivity index (χ3v) is 10.6. The Bertz CT molecular complexity index is 1140. The van der Waals surface area contributed by atoms with Gasteiger partial charge in [0.15, 0.2) is 18.2 Å². The van der Waals surface area contributed by atoms with Gasteiger partial charge in [0.1, 0.15) is 11.9 Å². The first-order chi connectivity index (χ1) is 18.8. The number of aliphatic hydroxyl groups excluding tert-OH is 1. The summed E-state index contributed by atoms with van der Waals surface area (Å²) in [5.41, 5.74) is -0.708. The number of halogens is 1. The van der Waals surface area contributed by atoms with Gasteiger partial charge in [-0.3, -0.25) is 0 Å². The molecular weight excluding hydrogens is 514 g/mol. The van der Waals surface area contributed by atoms with Crippen molar-refractivity contribution in [2.24, 2.45) is 28.1 Å². The van der Waals surface area contributed by atoms with E-state index in [1.165, 1.54) is 6.07 Å². The van der Waals surface area contributed by atoms with Gasteiger partial charge in [0, 0.05) is 22.7 Å². The van der Waals surface area contributed by atoms with Crippen molar-refractivity contribution in [1.29, 1.82) is 0 Å². The summed E-state index contributed by atoms with van der Waals surface area (Å²) < 4.78 is 31.8. The van der Waals surface area contributed by atoms with Crippen LogP contribution in [0.2, 0.25) is 0 Å². The fraction of sp³-hybridized carbons (Fsp3) is 0.677. The van der Waals surface area contributed by atoms with Crippen LogP contribution in [0.4, 0.5) is 4.39 Å². The summed E-state index contributed by atoms with van der Waals surface area (Å²) in [6.07, 6.45) is 5.25. The normalized spacial score (nSPS) is 35.4. The number of aliphatic hydroxyl groups is 1. The van der Waals surface area contributed by atoms with Crippen LogP contribution in [0.25, 0.3) is 0 Å². The van der Waals surface area contributed by atoms with E-state index < -0.39 is 48.5 Å². The monoisotopic (exact) mass is 558 g/mol. The summed E-state index contributed by atoms with van der Waals surface area (Å²) in [7, 11) is -1.37. The van der Waals surface area contributed by atoms with Gasteiger partial charge in [0.2, 0.25) is 0 Å². The van der Waals surface area contributed by atoms with Crippen LogP contribution in [0.3, 0.4) is 0 Å². The first kappa shape index (κ1) is 30.7. The summed E-state index contributed by atoms with van der Waals surface area (Å²) in [5.74, 6) is -1.21. The van der Waals surface area contributed by atoms with Crippen molar-refractivity contribution < 1.29 is 38.2 Å². The van der Waals surface area contributed by atoms with Crippen LogP contribution in [-0.2, 0) is 25.6 Å². The first-order valence-corrected chi connectivity index (χ1v) is 14.5. The highest BCUT2D eigenvalue weighted by molar-refractivity contribution is 6.61. The molecular formula is C31H44BFO7. The second-order valence-corrected chi connectivity index (χ2v) is 13.2. The van der Waals surface area contributed by atoms with Crippen molar-refractivity contribution in [2.75, 3.05) is 6.61 Å². The molecule has 4 rings (SSSR count). The molecule has 1 aromatic carbocycles. The summed E-state index contributed by atoms with van der Waals surface area (Å²) in [6.45, 7) is 13.6. The minimum Gasteiger partial charge on any atom is -0.479 e. The molecule has 0 saturated heterocycles. The van der Waals surface area contributed by atoms with Crippen LogP contribution < -0.4 is 10.2 Å². The van der Waals surface area contributed by atoms with E-state index in [0.29, 0.717) is 31.2 Å². The Morgan fingerprint density at radius 1 is 1.30 bits per heavy atom. The molecule has 0 unspecified atom stereocenters. The third kappa shape index (κ3) is 5.62. The van der Waals surface area contributed by atoms with Crippen LogP contribution in [0.5, 0.6) is 5.75 Å². The Balaban J connectivity index is 1.61. The maximum absolute atomic E-state index is 15.0. The second-order valence-electron chi connectivity index (χ2n) is 13.2. The van der Waals surface area contributed by atoms with Crippen molar-refractivity contribution in [2.45, 2.75) is 98.4 Å². The average molecular weight is 558 g/mol. The molecule has 1 heterocycles. The Labute approximate surface area is 237 Å². The van der Waals surface area contributed by atoms with Crippen LogP contribution in [0, 0.1) is 33.9 Å². The molecule has 220 valence electrons. The molecule has 1 aliphatic heterocycles. The largest absolute Gasteiger partial charge is 0.494 e. The molecule has 1 aromatic rings. The summed E-state index contributed by atoms with van der Waals surface area (Å²) in [5, 5.41) is 21.7. The van der Waals surface area contributed by atoms with E-state index in [1.54, 1.807) is 19.1 Å². The number of hydrogen-bond acceptors (Lipinski definition) is 7. The predicted octanol–water partition coefficient (Wildman–Crippen LogP) is 4.50. The van der Waals surface area contributed by atoms with Gasteiger partial charge >= 0.3 is 13.1 Å². The van der Waals surface area contributed by atoms with Gasteiger partial charge in [-0.15, -0.1) is 6.58 Å². The number of Topliss-reactive ketones (excluding diaryl/α,β-unsaturated/α-hetero) is 1. The highest BCUT2D eigenvalue weighted by Gasteiger charge is 2.59. The Morgan fingerprint density at radius 2 is 2.02 bits per heavy atom. The van der Waals surface area contributed by atoms with E-state index in [1.807, 2.05) is 6.92 Å². The number of fused-ring (bicyclic) bond motifs is 3. The van der Waals surface area contributed by atoms with Crippen molar-refractivity contribution >= 4 is 24.3 Å². The van der Waals surface area contributed by atoms with Crippen LogP contribution in [0.15, 0.2) is 24.8 Å². The SMILES string of the molecule is C=CC[C@]1(C)C[C@@H](OC(=O)COc2ccc3c(c2F)B(O)OC3)[C@@]2(C)C[C@](CCC(C)=O)(CC[C@H]2C)[C@@H](C)[C@@H]1O. The molecule has 9 heteroatoms. The highest BCUT2D eigenvalue weighted by Crippen LogP contribution is 2.62. The van der Waals surface area contributed by atoms with E-state index in [2.05, 4.69) is 27.4 Å². The van der Waals surface area contributed by atoms with E-state index in [9.17, 15) is 24.1 Å². The predicted molar refractivity (Wildman–Crippen MR) is 150 cm³/mol. The Hall–Kier alpha value is -2.23. The summed E-state index contributed by atoms with van der Waals surface area (Å²) in [6, 6.07) is 3.03. The number of esters is 1. The van der Waals surface area contributed by atoms with Crippen molar-refractivity contribution in [1.82, 2.24) is 0 Å². The maximum atomic E-state index is 15.0. The standard InChI is InChI=1S/C31H44BFO7/c1-7-12-29(5)15-24(40-25(35)17-38-23-9-8-22-16-39-32(37)26(22)27(23)33)30(6)18-31(13-10-19(30)2,14-11-20(3)34)21(4)28(29)36/h7-9,19,21,24,28,36-37H,1,10-18H2,2-6H3/t19-,21+,24-,28+,29-,30+,31-/m1/s1. The second kappa shape index (κ2) is 11.6. The fourth-order valence-corrected chi connectivity index (χ4v) is 7.67. The molecule has 7 nitrogen and oxygen atoms in total. The number of rotatable bonds is 9. The lowest BCUT2D eigenvalue weighted by molar-refractivity contribution is -0.195. The molecule has 2 bridgehead atoms. The smallest absolute Gasteiger partial charge is 0.479 e. The highest BCUT2D eigenvalue weighted by atomic mass is 19.1. The number of benzene rings is 1. The number of carbonyl (C=O) groups excluding carboxylic acids is 2. The van der Waals surface area contributed by atoms with E-state index in [0.717, 1.165) is 19.3 Å². The molecule has 3 aliphatic rings. The number of allylic oxidation sites excluding steroid dienone is 1. The van der Waals surface area contributed by atoms with E-state index in [4.69, 9.17) is 14.1 Å². The van der Waals surface area contributed by atoms with Crippen molar-refractivity contribution in [3.63, 3.8) is 0 Å². The molecule has 0 radical (unpaired) electrons. The van der Waals surface area contributed by atoms with E-state index in [-0.39, 0.29) is 40.9 Å². The molecule has 2 fully saturated rings. The topological polar surface area (TPSA) is 102 Å². The van der Waals surface area contributed by atoms with Gasteiger partial charge in [0.25, 0.3) is 0 Å². The van der Waals surface area contributed by atoms with Gasteiger partial charge < -0.3 is 29.1 Å². The van der Waals surface area contributed by atoms with Gasteiger partial charge in [-0.1, -0.05) is 39.8 Å². The van der Waals surface area contributed by atoms with Crippen LogP contribution in [0.1, 0.15) is 85.1 Å². The van der Waals surface area contributed by atoms with Crippen molar-refractivity contribution in [3.8, 4) is 5.75 Å². The number of ether oxygens (including phenoxy) is 2. The van der Waals surface area contributed by atoms with Crippen molar-refractivity contribution in [3.05, 3.63) is 36.2 Å². The zero-order chi connectivity index (χ0) is 29.5. The lowest BCUT2D eigenvalue weighted by Gasteiger charge is -2.60. The molecule has 7 atom stereocenters. The number of ketones is 1. The molecule has 40 heavy (non-hydrogen) atoms. The quantitative estimate of drug-likeness (QED) is 0.262. The minimum atomic E-state index is -1.37. The lowest BCUT2D eigenvalue weighted by Crippen LogP contribution is -2.58. The first-order valence-electron chi connectivity index (χ1n) is 14.5. The lowest BCUT2D eigenvalue weighted by atomic mass is 9.47. The van der Waals surface area contributed by atoms with Gasteiger partial charge in [-0.2, -0.15) is 0 Å². The molecule has 0 aromatic heterocycles. The fourth-order valence-electron chi connectivity index (χ4n) is 7.67. The van der Waals surface area contributed by atoms with Gasteiger partial charge in [-0.25, -0.2) is 9.18 Å². The summed E-state index contributed by atoms with van der Waals surface area (Å²) >= 11 is 0.